The summed E-state index contributed by atoms with van der Waals surface area (Å²) in [5.74, 6) is -0.537. The Morgan fingerprint density at radius 3 is 2.75 bits per heavy atom. The van der Waals surface area contributed by atoms with Gasteiger partial charge in [0.25, 0.3) is 0 Å². The molecule has 0 unspecified atom stereocenters. The topological polar surface area (TPSA) is 73.9 Å². The van der Waals surface area contributed by atoms with Gasteiger partial charge in [-0.2, -0.15) is 10.5 Å². The molecular formula is C12H10N2O2. The highest BCUT2D eigenvalue weighted by molar-refractivity contribution is 5.93. The zero-order valence-electron chi connectivity index (χ0n) is 8.86. The van der Waals surface area contributed by atoms with E-state index in [0.717, 1.165) is 0 Å². The standard InChI is InChI=1S/C12H10N2O2/c1-16-12(15)11-9(6-3-7-13)4-2-5-10(11)8-14/h2,4-5H,3,6H2,1H3. The molecule has 0 amide bonds. The fraction of sp³-hybridized carbons (Fsp3) is 0.250. The third-order valence-electron chi connectivity index (χ3n) is 2.17. The van der Waals surface area contributed by atoms with Gasteiger partial charge in [-0.1, -0.05) is 12.1 Å². The SMILES string of the molecule is COC(=O)c1c(C#N)cccc1CCC#N. The molecule has 4 nitrogen and oxygen atoms in total. The van der Waals surface area contributed by atoms with Gasteiger partial charge < -0.3 is 4.74 Å². The molecule has 0 bridgehead atoms. The molecule has 0 aromatic heterocycles. The maximum atomic E-state index is 11.5. The second-order valence-electron chi connectivity index (χ2n) is 3.10. The van der Waals surface area contributed by atoms with E-state index in [1.54, 1.807) is 18.2 Å². The number of benzene rings is 1. The van der Waals surface area contributed by atoms with E-state index >= 15 is 0 Å². The molecule has 0 atom stereocenters. The largest absolute Gasteiger partial charge is 0.465 e. The molecule has 0 N–H and O–H groups in total. The molecule has 0 saturated carbocycles. The van der Waals surface area contributed by atoms with Crippen molar-refractivity contribution in [2.24, 2.45) is 0 Å². The maximum absolute atomic E-state index is 11.5. The van der Waals surface area contributed by atoms with Crippen LogP contribution in [0.4, 0.5) is 0 Å². The minimum Gasteiger partial charge on any atom is -0.465 e. The smallest absolute Gasteiger partial charge is 0.339 e. The van der Waals surface area contributed by atoms with Crippen molar-refractivity contribution in [3.63, 3.8) is 0 Å². The van der Waals surface area contributed by atoms with E-state index in [1.165, 1.54) is 7.11 Å². The van der Waals surface area contributed by atoms with E-state index in [4.69, 9.17) is 10.5 Å². The Balaban J connectivity index is 3.23. The summed E-state index contributed by atoms with van der Waals surface area (Å²) in [4.78, 5) is 11.5. The average molecular weight is 214 g/mol. The van der Waals surface area contributed by atoms with Gasteiger partial charge in [0, 0.05) is 6.42 Å². The van der Waals surface area contributed by atoms with E-state index in [9.17, 15) is 4.79 Å². The molecule has 1 rings (SSSR count). The van der Waals surface area contributed by atoms with Crippen LogP contribution in [-0.4, -0.2) is 13.1 Å². The van der Waals surface area contributed by atoms with Crippen LogP contribution in [0.2, 0.25) is 0 Å². The highest BCUT2D eigenvalue weighted by atomic mass is 16.5. The monoisotopic (exact) mass is 214 g/mol. The summed E-state index contributed by atoms with van der Waals surface area (Å²) in [6.07, 6.45) is 0.745. The molecule has 4 heteroatoms. The Hall–Kier alpha value is -2.33. The number of hydrogen-bond donors (Lipinski definition) is 0. The van der Waals surface area contributed by atoms with E-state index < -0.39 is 5.97 Å². The first-order chi connectivity index (χ1) is 7.74. The van der Waals surface area contributed by atoms with Crippen molar-refractivity contribution in [2.75, 3.05) is 7.11 Å². The van der Waals surface area contributed by atoms with Crippen LogP contribution in [0.3, 0.4) is 0 Å². The fourth-order valence-corrected chi connectivity index (χ4v) is 1.44. The van der Waals surface area contributed by atoms with Gasteiger partial charge in [-0.3, -0.25) is 0 Å². The second-order valence-corrected chi connectivity index (χ2v) is 3.10. The molecule has 16 heavy (non-hydrogen) atoms. The van der Waals surface area contributed by atoms with Gasteiger partial charge in [-0.05, 0) is 18.1 Å². The third kappa shape index (κ3) is 2.37. The quantitative estimate of drug-likeness (QED) is 0.719. The zero-order chi connectivity index (χ0) is 12.0. The molecule has 0 aliphatic rings. The van der Waals surface area contributed by atoms with Gasteiger partial charge >= 0.3 is 5.97 Å². The Labute approximate surface area is 93.7 Å². The summed E-state index contributed by atoms with van der Waals surface area (Å²) < 4.78 is 4.63. The van der Waals surface area contributed by atoms with E-state index in [-0.39, 0.29) is 11.1 Å². The van der Waals surface area contributed by atoms with Crippen LogP contribution < -0.4 is 0 Å². The van der Waals surface area contributed by atoms with Crippen molar-refractivity contribution in [2.45, 2.75) is 12.8 Å². The number of rotatable bonds is 3. The van der Waals surface area contributed by atoms with Crippen molar-refractivity contribution in [1.29, 1.82) is 10.5 Å². The Kier molecular flexibility index (Phi) is 4.06. The van der Waals surface area contributed by atoms with Gasteiger partial charge in [0.05, 0.1) is 24.3 Å². The Morgan fingerprint density at radius 2 is 2.19 bits per heavy atom. The van der Waals surface area contributed by atoms with Crippen LogP contribution in [-0.2, 0) is 11.2 Å². The number of nitrogens with zero attached hydrogens (tertiary/aromatic N) is 2. The van der Waals surface area contributed by atoms with Crippen LogP contribution in [0.15, 0.2) is 18.2 Å². The van der Waals surface area contributed by atoms with Crippen LogP contribution in [0.1, 0.15) is 27.9 Å². The molecule has 0 radical (unpaired) electrons. The summed E-state index contributed by atoms with van der Waals surface area (Å²) in [6.45, 7) is 0. The van der Waals surface area contributed by atoms with Crippen molar-refractivity contribution >= 4 is 5.97 Å². The molecule has 0 aliphatic heterocycles. The van der Waals surface area contributed by atoms with Gasteiger partial charge in [-0.25, -0.2) is 4.79 Å². The lowest BCUT2D eigenvalue weighted by molar-refractivity contribution is 0.0599. The molecule has 80 valence electrons. The summed E-state index contributed by atoms with van der Waals surface area (Å²) >= 11 is 0. The summed E-state index contributed by atoms with van der Waals surface area (Å²) in [5, 5.41) is 17.4. The Morgan fingerprint density at radius 1 is 1.44 bits per heavy atom. The van der Waals surface area contributed by atoms with Crippen LogP contribution in [0.25, 0.3) is 0 Å². The highest BCUT2D eigenvalue weighted by Crippen LogP contribution is 2.17. The lowest BCUT2D eigenvalue weighted by atomic mass is 9.98. The number of aryl methyl sites for hydroxylation is 1. The number of hydrogen-bond acceptors (Lipinski definition) is 4. The number of esters is 1. The first kappa shape index (κ1) is 11.7. The summed E-state index contributed by atoms with van der Waals surface area (Å²) in [6, 6.07) is 8.92. The third-order valence-corrected chi connectivity index (χ3v) is 2.17. The highest BCUT2D eigenvalue weighted by Gasteiger charge is 2.16. The van der Waals surface area contributed by atoms with Gasteiger partial charge in [0.2, 0.25) is 0 Å². The van der Waals surface area contributed by atoms with E-state index in [0.29, 0.717) is 18.4 Å². The molecule has 0 spiro atoms. The van der Waals surface area contributed by atoms with Crippen molar-refractivity contribution in [3.05, 3.63) is 34.9 Å². The molecule has 0 fully saturated rings. The minimum absolute atomic E-state index is 0.266. The summed E-state index contributed by atoms with van der Waals surface area (Å²) in [5.41, 5.74) is 1.22. The molecule has 0 saturated heterocycles. The maximum Gasteiger partial charge on any atom is 0.339 e. The first-order valence-electron chi connectivity index (χ1n) is 4.71. The van der Waals surface area contributed by atoms with Crippen molar-refractivity contribution < 1.29 is 9.53 Å². The van der Waals surface area contributed by atoms with Gasteiger partial charge in [0.15, 0.2) is 0 Å². The van der Waals surface area contributed by atoms with Gasteiger partial charge in [-0.15, -0.1) is 0 Å². The lowest BCUT2D eigenvalue weighted by Gasteiger charge is -2.07. The molecule has 1 aromatic rings. The van der Waals surface area contributed by atoms with E-state index in [1.807, 2.05) is 12.1 Å². The lowest BCUT2D eigenvalue weighted by Crippen LogP contribution is -2.08. The minimum atomic E-state index is -0.537. The fourth-order valence-electron chi connectivity index (χ4n) is 1.44. The molecule has 1 aromatic carbocycles. The van der Waals surface area contributed by atoms with Gasteiger partial charge in [0.1, 0.15) is 6.07 Å². The van der Waals surface area contributed by atoms with Crippen molar-refractivity contribution in [3.8, 4) is 12.1 Å². The number of carbonyl (C=O) groups is 1. The number of carbonyl (C=O) groups excluding carboxylic acids is 1. The van der Waals surface area contributed by atoms with Crippen LogP contribution in [0, 0.1) is 22.7 Å². The van der Waals surface area contributed by atoms with Crippen LogP contribution in [0.5, 0.6) is 0 Å². The molecule has 0 aliphatic carbocycles. The Bertz CT molecular complexity index is 481. The number of methoxy groups -OCH3 is 1. The second kappa shape index (κ2) is 5.53. The van der Waals surface area contributed by atoms with Crippen LogP contribution >= 0.6 is 0 Å². The van der Waals surface area contributed by atoms with E-state index in [2.05, 4.69) is 4.74 Å². The zero-order valence-corrected chi connectivity index (χ0v) is 8.86. The average Bonchev–Trinajstić information content (AvgIpc) is 2.34. The predicted octanol–water partition coefficient (Wildman–Crippen LogP) is 1.80. The molecular weight excluding hydrogens is 204 g/mol. The first-order valence-corrected chi connectivity index (χ1v) is 4.71. The van der Waals surface area contributed by atoms with Crippen molar-refractivity contribution in [1.82, 2.24) is 0 Å². The number of ether oxygens (including phenoxy) is 1. The molecule has 0 heterocycles. The number of nitriles is 2. The predicted molar refractivity (Wildman–Crippen MR) is 56.4 cm³/mol. The normalized spacial score (nSPS) is 8.94. The summed E-state index contributed by atoms with van der Waals surface area (Å²) in [7, 11) is 1.27.